The molecule has 0 atom stereocenters. The number of H-pyrrole nitrogens is 1. The number of hydrogen-bond acceptors (Lipinski definition) is 3. The number of benzene rings is 2. The highest BCUT2D eigenvalue weighted by Gasteiger charge is 2.38. The Kier molecular flexibility index (Phi) is 3.61. The van der Waals surface area contributed by atoms with Crippen molar-refractivity contribution >= 4 is 28.3 Å². The average Bonchev–Trinajstić information content (AvgIpc) is 3.14. The van der Waals surface area contributed by atoms with E-state index in [1.165, 1.54) is 0 Å². The lowest BCUT2D eigenvalue weighted by Crippen LogP contribution is -2.33. The molecule has 0 aliphatic carbocycles. The Balaban J connectivity index is 1.57. The second-order valence-electron chi connectivity index (χ2n) is 5.96. The molecule has 0 saturated heterocycles. The maximum absolute atomic E-state index is 12.6. The Morgan fingerprint density at radius 2 is 1.64 bits per heavy atom. The fraction of sp³-hybridized carbons (Fsp3) is 0.100. The van der Waals surface area contributed by atoms with Gasteiger partial charge in [-0.25, -0.2) is 0 Å². The number of imide groups is 1. The molecule has 5 heteroatoms. The van der Waals surface area contributed by atoms with E-state index in [1.807, 2.05) is 36.5 Å². The van der Waals surface area contributed by atoms with Crippen molar-refractivity contribution in [2.45, 2.75) is 6.42 Å². The average molecular weight is 332 g/mol. The van der Waals surface area contributed by atoms with Crippen molar-refractivity contribution in [1.82, 2.24) is 9.88 Å². The summed E-state index contributed by atoms with van der Waals surface area (Å²) in [6.07, 6.45) is 2.41. The predicted molar refractivity (Wildman–Crippen MR) is 94.7 cm³/mol. The molecule has 0 bridgehead atoms. The minimum absolute atomic E-state index is 0.0736. The Labute approximate surface area is 144 Å². The van der Waals surface area contributed by atoms with Crippen molar-refractivity contribution in [1.29, 1.82) is 0 Å². The molecule has 0 unspecified atom stereocenters. The van der Waals surface area contributed by atoms with Gasteiger partial charge >= 0.3 is 0 Å². The van der Waals surface area contributed by atoms with Crippen LogP contribution in [0.2, 0.25) is 0 Å². The number of nitrogens with one attached hydrogen (secondary N) is 1. The van der Waals surface area contributed by atoms with Crippen molar-refractivity contribution in [3.63, 3.8) is 0 Å². The van der Waals surface area contributed by atoms with Crippen molar-refractivity contribution in [3.05, 3.63) is 77.7 Å². The highest BCUT2D eigenvalue weighted by molar-refractivity contribution is 6.34. The number of aromatic amines is 1. The third-order valence-electron chi connectivity index (χ3n) is 4.49. The highest BCUT2D eigenvalue weighted by Crippen LogP contribution is 2.28. The van der Waals surface area contributed by atoms with Gasteiger partial charge < -0.3 is 10.1 Å². The highest BCUT2D eigenvalue weighted by atomic mass is 16.3. The van der Waals surface area contributed by atoms with E-state index in [2.05, 4.69) is 4.98 Å². The number of para-hydroxylation sites is 1. The van der Waals surface area contributed by atoms with Gasteiger partial charge in [0.05, 0.1) is 5.57 Å². The fourth-order valence-electron chi connectivity index (χ4n) is 3.20. The molecular formula is C20H16N2O3. The lowest BCUT2D eigenvalue weighted by atomic mass is 10.1. The normalized spacial score (nSPS) is 14.8. The number of carbonyl (C=O) groups excluding carboxylic acids is 2. The number of hydrogen-bond donors (Lipinski definition) is 2. The molecule has 2 amide bonds. The van der Waals surface area contributed by atoms with Crippen molar-refractivity contribution in [2.24, 2.45) is 0 Å². The third-order valence-corrected chi connectivity index (χ3v) is 4.49. The van der Waals surface area contributed by atoms with E-state index in [4.69, 9.17) is 0 Å². The predicted octanol–water partition coefficient (Wildman–Crippen LogP) is 3.05. The standard InChI is InChI=1S/C20H16N2O3/c23-18-17(13-6-2-1-3-7-13)19(24)22(20(18)25)11-10-14-12-21-16-9-5-4-8-15(14)16/h1-9,12,21,23H,10-11H2. The molecule has 25 heavy (non-hydrogen) atoms. The Hall–Kier alpha value is -3.34. The van der Waals surface area contributed by atoms with Gasteiger partial charge in [0.2, 0.25) is 0 Å². The summed E-state index contributed by atoms with van der Waals surface area (Å²) in [4.78, 5) is 29.2. The molecule has 0 spiro atoms. The minimum atomic E-state index is -0.635. The monoisotopic (exact) mass is 332 g/mol. The Bertz CT molecular complexity index is 1000. The summed E-state index contributed by atoms with van der Waals surface area (Å²) in [7, 11) is 0. The van der Waals surface area contributed by atoms with Gasteiger partial charge in [0.25, 0.3) is 11.8 Å². The number of carbonyl (C=O) groups is 2. The second kappa shape index (κ2) is 5.94. The first kappa shape index (κ1) is 15.2. The number of aromatic nitrogens is 1. The van der Waals surface area contributed by atoms with Crippen LogP contribution in [0.25, 0.3) is 16.5 Å². The number of fused-ring (bicyclic) bond motifs is 1. The van der Waals surface area contributed by atoms with Crippen LogP contribution in [-0.2, 0) is 16.0 Å². The van der Waals surface area contributed by atoms with Gasteiger partial charge in [-0.15, -0.1) is 0 Å². The molecule has 2 N–H and O–H groups in total. The van der Waals surface area contributed by atoms with Crippen LogP contribution in [0.3, 0.4) is 0 Å². The Morgan fingerprint density at radius 3 is 2.44 bits per heavy atom. The minimum Gasteiger partial charge on any atom is -0.502 e. The summed E-state index contributed by atoms with van der Waals surface area (Å²) < 4.78 is 0. The summed E-state index contributed by atoms with van der Waals surface area (Å²) >= 11 is 0. The largest absolute Gasteiger partial charge is 0.502 e. The molecule has 0 radical (unpaired) electrons. The van der Waals surface area contributed by atoms with Gasteiger partial charge in [-0.1, -0.05) is 48.5 Å². The summed E-state index contributed by atoms with van der Waals surface area (Å²) in [6, 6.07) is 16.6. The first-order valence-corrected chi connectivity index (χ1v) is 8.06. The van der Waals surface area contributed by atoms with E-state index in [1.54, 1.807) is 24.3 Å². The van der Waals surface area contributed by atoms with Crippen LogP contribution in [0.15, 0.2) is 66.6 Å². The SMILES string of the molecule is O=C1C(O)=C(c2ccccc2)C(=O)N1CCc1c[nH]c2ccccc12. The van der Waals surface area contributed by atoms with Gasteiger partial charge in [0.1, 0.15) is 0 Å². The van der Waals surface area contributed by atoms with Crippen molar-refractivity contribution in [2.75, 3.05) is 6.54 Å². The molecule has 2 heterocycles. The van der Waals surface area contributed by atoms with E-state index in [0.29, 0.717) is 12.0 Å². The topological polar surface area (TPSA) is 73.4 Å². The maximum atomic E-state index is 12.6. The van der Waals surface area contributed by atoms with Crippen LogP contribution in [0.5, 0.6) is 0 Å². The first-order valence-electron chi connectivity index (χ1n) is 8.06. The molecule has 0 saturated carbocycles. The van der Waals surface area contributed by atoms with Crippen LogP contribution >= 0.6 is 0 Å². The zero-order chi connectivity index (χ0) is 17.4. The van der Waals surface area contributed by atoms with E-state index < -0.39 is 17.6 Å². The molecule has 1 aliphatic rings. The smallest absolute Gasteiger partial charge is 0.296 e. The second-order valence-corrected chi connectivity index (χ2v) is 5.96. The number of aliphatic hydroxyl groups is 1. The quantitative estimate of drug-likeness (QED) is 0.721. The van der Waals surface area contributed by atoms with Gasteiger partial charge in [0.15, 0.2) is 5.76 Å². The van der Waals surface area contributed by atoms with Gasteiger partial charge in [-0.2, -0.15) is 0 Å². The van der Waals surface area contributed by atoms with Crippen molar-refractivity contribution < 1.29 is 14.7 Å². The van der Waals surface area contributed by atoms with Gasteiger partial charge in [0, 0.05) is 23.6 Å². The van der Waals surface area contributed by atoms with Crippen LogP contribution in [0.4, 0.5) is 0 Å². The molecule has 0 fully saturated rings. The molecule has 1 aromatic heterocycles. The Morgan fingerprint density at radius 1 is 0.920 bits per heavy atom. The van der Waals surface area contributed by atoms with Crippen LogP contribution in [0, 0.1) is 0 Å². The molecule has 5 nitrogen and oxygen atoms in total. The van der Waals surface area contributed by atoms with E-state index in [9.17, 15) is 14.7 Å². The summed E-state index contributed by atoms with van der Waals surface area (Å²) in [5, 5.41) is 11.2. The van der Waals surface area contributed by atoms with E-state index in [-0.39, 0.29) is 12.1 Å². The fourth-order valence-corrected chi connectivity index (χ4v) is 3.20. The molecule has 3 aromatic rings. The molecule has 2 aromatic carbocycles. The lowest BCUT2D eigenvalue weighted by molar-refractivity contribution is -0.138. The summed E-state index contributed by atoms with van der Waals surface area (Å²) in [5.74, 6) is -1.56. The third kappa shape index (κ3) is 2.50. The zero-order valence-corrected chi connectivity index (χ0v) is 13.4. The van der Waals surface area contributed by atoms with Crippen LogP contribution in [0.1, 0.15) is 11.1 Å². The lowest BCUT2D eigenvalue weighted by Gasteiger charge is -2.14. The van der Waals surface area contributed by atoms with Crippen molar-refractivity contribution in [3.8, 4) is 0 Å². The van der Waals surface area contributed by atoms with Gasteiger partial charge in [-0.05, 0) is 23.6 Å². The molecular weight excluding hydrogens is 316 g/mol. The molecule has 4 rings (SSSR count). The van der Waals surface area contributed by atoms with Crippen LogP contribution in [-0.4, -0.2) is 33.3 Å². The number of amides is 2. The van der Waals surface area contributed by atoms with Crippen LogP contribution < -0.4 is 0 Å². The summed E-state index contributed by atoms with van der Waals surface area (Å²) in [5.41, 5.74) is 2.67. The van der Waals surface area contributed by atoms with E-state index in [0.717, 1.165) is 21.4 Å². The number of rotatable bonds is 4. The molecule has 1 aliphatic heterocycles. The molecule has 124 valence electrons. The number of nitrogens with zero attached hydrogens (tertiary/aromatic N) is 1. The zero-order valence-electron chi connectivity index (χ0n) is 13.4. The maximum Gasteiger partial charge on any atom is 0.296 e. The van der Waals surface area contributed by atoms with Gasteiger partial charge in [-0.3, -0.25) is 14.5 Å². The van der Waals surface area contributed by atoms with E-state index >= 15 is 0 Å². The summed E-state index contributed by atoms with van der Waals surface area (Å²) in [6.45, 7) is 0.222. The first-order chi connectivity index (χ1) is 12.2. The number of aliphatic hydroxyl groups excluding tert-OH is 1.